The second-order valence-electron chi connectivity index (χ2n) is 4.32. The Morgan fingerprint density at radius 1 is 1.56 bits per heavy atom. The highest BCUT2D eigenvalue weighted by molar-refractivity contribution is 7.88. The number of nitrogens with one attached hydrogen (secondary N) is 1. The van der Waals surface area contributed by atoms with Gasteiger partial charge in [-0.25, -0.2) is 8.42 Å². The van der Waals surface area contributed by atoms with Crippen molar-refractivity contribution in [3.8, 4) is 0 Å². The van der Waals surface area contributed by atoms with Crippen molar-refractivity contribution in [1.29, 1.82) is 0 Å². The molecule has 1 unspecified atom stereocenters. The summed E-state index contributed by atoms with van der Waals surface area (Å²) in [7, 11) is -1.93. The molecule has 1 atom stereocenters. The summed E-state index contributed by atoms with van der Waals surface area (Å²) in [6, 6.07) is -0.00695. The molecule has 3 N–H and O–H groups in total. The van der Waals surface area contributed by atoms with Crippen LogP contribution in [0.3, 0.4) is 0 Å². The standard InChI is InChI=1S/C9H19N3O3S/c1-12(16(2,14)15)6-9(13)11-5-8(10)7-3-4-7/h7-8H,3-6,10H2,1-2H3,(H,11,13). The van der Waals surface area contributed by atoms with Crippen LogP contribution < -0.4 is 11.1 Å². The fraction of sp³-hybridized carbons (Fsp3) is 0.889. The second-order valence-corrected chi connectivity index (χ2v) is 6.41. The quantitative estimate of drug-likeness (QED) is 0.614. The van der Waals surface area contributed by atoms with E-state index in [4.69, 9.17) is 5.73 Å². The summed E-state index contributed by atoms with van der Waals surface area (Å²) in [5.74, 6) is 0.206. The molecule has 1 saturated carbocycles. The van der Waals surface area contributed by atoms with Gasteiger partial charge >= 0.3 is 0 Å². The van der Waals surface area contributed by atoms with Crippen LogP contribution in [0.15, 0.2) is 0 Å². The van der Waals surface area contributed by atoms with Crippen molar-refractivity contribution in [2.75, 3.05) is 26.4 Å². The van der Waals surface area contributed by atoms with Crippen molar-refractivity contribution in [2.24, 2.45) is 11.7 Å². The molecule has 0 aromatic rings. The molecule has 0 heterocycles. The lowest BCUT2D eigenvalue weighted by atomic mass is 10.2. The minimum atomic E-state index is -3.30. The van der Waals surface area contributed by atoms with Crippen LogP contribution in [0.25, 0.3) is 0 Å². The molecule has 1 amide bonds. The number of likely N-dealkylation sites (N-methyl/N-ethyl adjacent to an activating group) is 1. The van der Waals surface area contributed by atoms with Gasteiger partial charge in [0.05, 0.1) is 12.8 Å². The van der Waals surface area contributed by atoms with E-state index in [0.29, 0.717) is 12.5 Å². The molecule has 7 heteroatoms. The maximum absolute atomic E-state index is 11.4. The average molecular weight is 249 g/mol. The average Bonchev–Trinajstić information content (AvgIpc) is 2.95. The summed E-state index contributed by atoms with van der Waals surface area (Å²) in [5, 5.41) is 2.64. The van der Waals surface area contributed by atoms with Crippen molar-refractivity contribution in [2.45, 2.75) is 18.9 Å². The summed E-state index contributed by atoms with van der Waals surface area (Å²) in [4.78, 5) is 11.4. The molecule has 94 valence electrons. The van der Waals surface area contributed by atoms with E-state index in [1.165, 1.54) is 7.05 Å². The third-order valence-corrected chi connectivity index (χ3v) is 3.96. The highest BCUT2D eigenvalue weighted by Gasteiger charge is 2.28. The number of nitrogens with zero attached hydrogens (tertiary/aromatic N) is 1. The van der Waals surface area contributed by atoms with Crippen molar-refractivity contribution < 1.29 is 13.2 Å². The van der Waals surface area contributed by atoms with Gasteiger partial charge in [-0.3, -0.25) is 4.79 Å². The second kappa shape index (κ2) is 5.11. The normalized spacial score (nSPS) is 18.5. The minimum absolute atomic E-state index is 0.00695. The van der Waals surface area contributed by atoms with E-state index in [1.54, 1.807) is 0 Å². The van der Waals surface area contributed by atoms with Gasteiger partial charge in [-0.15, -0.1) is 0 Å². The third-order valence-electron chi connectivity index (χ3n) is 2.69. The molecule has 1 fully saturated rings. The first-order valence-electron chi connectivity index (χ1n) is 5.24. The molecule has 0 saturated heterocycles. The molecule has 16 heavy (non-hydrogen) atoms. The first-order chi connectivity index (χ1) is 7.30. The highest BCUT2D eigenvalue weighted by Crippen LogP contribution is 2.31. The van der Waals surface area contributed by atoms with Crippen LogP contribution in [0, 0.1) is 5.92 Å². The molecule has 0 radical (unpaired) electrons. The van der Waals surface area contributed by atoms with Gasteiger partial charge in [-0.1, -0.05) is 0 Å². The molecule has 0 aliphatic heterocycles. The van der Waals surface area contributed by atoms with Gasteiger partial charge in [0, 0.05) is 19.6 Å². The van der Waals surface area contributed by atoms with E-state index >= 15 is 0 Å². The Labute approximate surface area is 96.2 Å². The molecule has 1 aliphatic carbocycles. The van der Waals surface area contributed by atoms with E-state index < -0.39 is 10.0 Å². The van der Waals surface area contributed by atoms with E-state index in [1.807, 2.05) is 0 Å². The largest absolute Gasteiger partial charge is 0.353 e. The lowest BCUT2D eigenvalue weighted by Gasteiger charge is -2.15. The summed E-state index contributed by atoms with van der Waals surface area (Å²) in [6.45, 7) is 0.261. The van der Waals surface area contributed by atoms with Gasteiger partial charge in [0.2, 0.25) is 15.9 Å². The summed E-state index contributed by atoms with van der Waals surface area (Å²) >= 11 is 0. The Hall–Kier alpha value is -0.660. The molecule has 0 aromatic heterocycles. The van der Waals surface area contributed by atoms with Crippen LogP contribution in [0.5, 0.6) is 0 Å². The fourth-order valence-corrected chi connectivity index (χ4v) is 1.65. The van der Waals surface area contributed by atoms with E-state index in [9.17, 15) is 13.2 Å². The lowest BCUT2D eigenvalue weighted by Crippen LogP contribution is -2.43. The highest BCUT2D eigenvalue weighted by atomic mass is 32.2. The Kier molecular flexibility index (Phi) is 4.28. The zero-order valence-corrected chi connectivity index (χ0v) is 10.5. The van der Waals surface area contributed by atoms with Gasteiger partial charge in [0.1, 0.15) is 0 Å². The maximum Gasteiger partial charge on any atom is 0.235 e. The predicted molar refractivity (Wildman–Crippen MR) is 61.2 cm³/mol. The molecule has 1 rings (SSSR count). The number of carbonyl (C=O) groups is 1. The zero-order valence-electron chi connectivity index (χ0n) is 9.64. The van der Waals surface area contributed by atoms with E-state index in [-0.39, 0.29) is 18.5 Å². The predicted octanol–water partition coefficient (Wildman–Crippen LogP) is -1.27. The monoisotopic (exact) mass is 249 g/mol. The Balaban J connectivity index is 2.25. The number of hydrogen-bond acceptors (Lipinski definition) is 4. The molecular formula is C9H19N3O3S. The number of rotatable bonds is 6. The first-order valence-corrected chi connectivity index (χ1v) is 7.09. The van der Waals surface area contributed by atoms with Gasteiger partial charge in [0.25, 0.3) is 0 Å². The Morgan fingerprint density at radius 2 is 2.12 bits per heavy atom. The van der Waals surface area contributed by atoms with E-state index in [0.717, 1.165) is 23.4 Å². The van der Waals surface area contributed by atoms with Crippen LogP contribution in [0.4, 0.5) is 0 Å². The van der Waals surface area contributed by atoms with Crippen LogP contribution in [-0.4, -0.2) is 51.1 Å². The number of carbonyl (C=O) groups excluding carboxylic acids is 1. The molecule has 1 aliphatic rings. The van der Waals surface area contributed by atoms with Gasteiger partial charge in [-0.2, -0.15) is 4.31 Å². The third kappa shape index (κ3) is 4.46. The van der Waals surface area contributed by atoms with Crippen molar-refractivity contribution >= 4 is 15.9 Å². The Morgan fingerprint density at radius 3 is 2.56 bits per heavy atom. The maximum atomic E-state index is 11.4. The van der Waals surface area contributed by atoms with Gasteiger partial charge in [-0.05, 0) is 18.8 Å². The summed E-state index contributed by atoms with van der Waals surface area (Å²) < 4.78 is 23.1. The van der Waals surface area contributed by atoms with Gasteiger partial charge in [0.15, 0.2) is 0 Å². The molecule has 0 aromatic carbocycles. The number of sulfonamides is 1. The van der Waals surface area contributed by atoms with Crippen LogP contribution >= 0.6 is 0 Å². The Bertz CT molecular complexity index is 351. The lowest BCUT2D eigenvalue weighted by molar-refractivity contribution is -0.121. The van der Waals surface area contributed by atoms with Crippen molar-refractivity contribution in [3.63, 3.8) is 0 Å². The molecular weight excluding hydrogens is 230 g/mol. The topological polar surface area (TPSA) is 92.5 Å². The summed E-state index contributed by atoms with van der Waals surface area (Å²) in [5.41, 5.74) is 5.80. The molecule has 0 bridgehead atoms. The number of amides is 1. The van der Waals surface area contributed by atoms with Crippen molar-refractivity contribution in [1.82, 2.24) is 9.62 Å². The SMILES string of the molecule is CN(CC(=O)NCC(N)C1CC1)S(C)(=O)=O. The smallest absolute Gasteiger partial charge is 0.235 e. The number of hydrogen-bond donors (Lipinski definition) is 2. The zero-order chi connectivity index (χ0) is 12.3. The van der Waals surface area contributed by atoms with Crippen molar-refractivity contribution in [3.05, 3.63) is 0 Å². The first kappa shape index (κ1) is 13.4. The fourth-order valence-electron chi connectivity index (χ4n) is 1.30. The van der Waals surface area contributed by atoms with Crippen LogP contribution in [0.2, 0.25) is 0 Å². The molecule has 0 spiro atoms. The summed E-state index contributed by atoms with van der Waals surface area (Å²) in [6.07, 6.45) is 3.32. The van der Waals surface area contributed by atoms with Gasteiger partial charge < -0.3 is 11.1 Å². The number of nitrogens with two attached hydrogens (primary N) is 1. The van der Waals surface area contributed by atoms with Crippen LogP contribution in [-0.2, 0) is 14.8 Å². The minimum Gasteiger partial charge on any atom is -0.353 e. The van der Waals surface area contributed by atoms with E-state index in [2.05, 4.69) is 5.32 Å². The molecule has 6 nitrogen and oxygen atoms in total. The van der Waals surface area contributed by atoms with Crippen LogP contribution in [0.1, 0.15) is 12.8 Å².